The van der Waals surface area contributed by atoms with Crippen molar-refractivity contribution in [2.24, 2.45) is 5.18 Å². The first-order chi connectivity index (χ1) is 9.35. The summed E-state index contributed by atoms with van der Waals surface area (Å²) in [4.78, 5) is 32.8. The number of nitrogens with zero attached hydrogens (tertiary/aromatic N) is 1. The number of carbonyl (C=O) groups excluding carboxylic acids is 1. The number of aromatic hydroxyl groups is 1. The van der Waals surface area contributed by atoms with Crippen molar-refractivity contribution in [3.05, 3.63) is 40.8 Å². The average Bonchev–Trinajstić information content (AvgIpc) is 2.37. The molecule has 0 bridgehead atoms. The molecule has 0 saturated heterocycles. The molecule has 1 rings (SSSR count). The van der Waals surface area contributed by atoms with E-state index in [4.69, 9.17) is 5.11 Å². The summed E-state index contributed by atoms with van der Waals surface area (Å²) in [5.41, 5.74) is 0.510. The van der Waals surface area contributed by atoms with Crippen molar-refractivity contribution in [3.63, 3.8) is 0 Å². The second kappa shape index (κ2) is 6.46. The molecule has 0 aromatic heterocycles. The molecule has 1 aromatic carbocycles. The molecule has 0 fully saturated rings. The maximum Gasteiger partial charge on any atom is 0.326 e. The van der Waals surface area contributed by atoms with Gasteiger partial charge in [-0.1, -0.05) is 12.6 Å². The first-order valence-corrected chi connectivity index (χ1v) is 5.69. The van der Waals surface area contributed by atoms with Crippen LogP contribution in [0.25, 0.3) is 0 Å². The molecule has 0 heterocycles. The van der Waals surface area contributed by atoms with E-state index in [1.165, 1.54) is 25.1 Å². The van der Waals surface area contributed by atoms with Crippen LogP contribution in [-0.2, 0) is 16.0 Å². The van der Waals surface area contributed by atoms with Gasteiger partial charge in [0, 0.05) is 12.0 Å². The van der Waals surface area contributed by atoms with E-state index in [-0.39, 0.29) is 23.4 Å². The number of hydrogen-bond donors (Lipinski definition) is 3. The summed E-state index contributed by atoms with van der Waals surface area (Å²) in [7, 11) is 0. The summed E-state index contributed by atoms with van der Waals surface area (Å²) >= 11 is 0. The number of hydrogen-bond acceptors (Lipinski definition) is 5. The number of carboxylic acid groups (broad SMARTS) is 1. The van der Waals surface area contributed by atoms with Gasteiger partial charge in [-0.15, -0.1) is 4.91 Å². The van der Waals surface area contributed by atoms with Gasteiger partial charge >= 0.3 is 5.97 Å². The number of carboxylic acids is 1. The molecule has 106 valence electrons. The van der Waals surface area contributed by atoms with Gasteiger partial charge in [0.25, 0.3) is 0 Å². The molecule has 0 aliphatic carbocycles. The number of nitroso groups, excluding NO2 is 1. The lowest BCUT2D eigenvalue weighted by molar-refractivity contribution is -0.141. The predicted octanol–water partition coefficient (Wildman–Crippen LogP) is 1.48. The fourth-order valence-corrected chi connectivity index (χ4v) is 1.49. The van der Waals surface area contributed by atoms with Crippen LogP contribution in [0, 0.1) is 4.91 Å². The van der Waals surface area contributed by atoms with Crippen LogP contribution in [0.1, 0.15) is 12.5 Å². The van der Waals surface area contributed by atoms with Crippen molar-refractivity contribution in [1.29, 1.82) is 0 Å². The zero-order valence-electron chi connectivity index (χ0n) is 10.8. The van der Waals surface area contributed by atoms with Crippen molar-refractivity contribution in [3.8, 4) is 5.75 Å². The first-order valence-electron chi connectivity index (χ1n) is 5.69. The Morgan fingerprint density at radius 1 is 1.45 bits per heavy atom. The minimum Gasteiger partial charge on any atom is -0.506 e. The number of nitrogens with one attached hydrogen (secondary N) is 1. The Bertz CT molecular complexity index is 568. The maximum atomic E-state index is 11.4. The Morgan fingerprint density at radius 3 is 2.55 bits per heavy atom. The van der Waals surface area contributed by atoms with Gasteiger partial charge in [-0.05, 0) is 29.8 Å². The van der Waals surface area contributed by atoms with Crippen LogP contribution in [0.2, 0.25) is 0 Å². The zero-order valence-corrected chi connectivity index (χ0v) is 10.8. The molecule has 1 atom stereocenters. The quantitative estimate of drug-likeness (QED) is 0.538. The Kier molecular flexibility index (Phi) is 4.96. The maximum absolute atomic E-state index is 11.4. The van der Waals surface area contributed by atoms with E-state index in [0.29, 0.717) is 5.56 Å². The highest BCUT2D eigenvalue weighted by Gasteiger charge is 2.21. The third-order valence-corrected chi connectivity index (χ3v) is 2.57. The molecule has 20 heavy (non-hydrogen) atoms. The minimum absolute atomic E-state index is 0.0406. The van der Waals surface area contributed by atoms with Crippen molar-refractivity contribution in [2.75, 3.05) is 0 Å². The van der Waals surface area contributed by atoms with Gasteiger partial charge in [0.2, 0.25) is 5.91 Å². The largest absolute Gasteiger partial charge is 0.506 e. The van der Waals surface area contributed by atoms with Crippen LogP contribution in [-0.4, -0.2) is 28.1 Å². The van der Waals surface area contributed by atoms with Crippen molar-refractivity contribution in [1.82, 2.24) is 5.32 Å². The van der Waals surface area contributed by atoms with E-state index in [9.17, 15) is 19.6 Å². The van der Waals surface area contributed by atoms with E-state index >= 15 is 0 Å². The molecule has 1 unspecified atom stereocenters. The van der Waals surface area contributed by atoms with Crippen LogP contribution in [0.5, 0.6) is 5.75 Å². The minimum atomic E-state index is -1.21. The lowest BCUT2D eigenvalue weighted by Gasteiger charge is -2.14. The van der Waals surface area contributed by atoms with Gasteiger partial charge in [-0.2, -0.15) is 0 Å². The van der Waals surface area contributed by atoms with Crippen LogP contribution in [0.15, 0.2) is 35.5 Å². The van der Waals surface area contributed by atoms with E-state index in [0.717, 1.165) is 0 Å². The fourth-order valence-electron chi connectivity index (χ4n) is 1.49. The second-order valence-corrected chi connectivity index (χ2v) is 4.26. The van der Waals surface area contributed by atoms with Crippen LogP contribution in [0.4, 0.5) is 5.69 Å². The SMILES string of the molecule is C=C(C)C(=O)NC(Cc1ccc(N=O)c(O)c1)C(=O)O. The highest BCUT2D eigenvalue weighted by molar-refractivity contribution is 5.94. The number of amides is 1. The Balaban J connectivity index is 2.88. The van der Waals surface area contributed by atoms with Crippen LogP contribution < -0.4 is 5.32 Å². The van der Waals surface area contributed by atoms with Gasteiger partial charge in [0.05, 0.1) is 0 Å². The third kappa shape index (κ3) is 3.91. The molecular formula is C13H14N2O5. The van der Waals surface area contributed by atoms with Crippen LogP contribution >= 0.6 is 0 Å². The summed E-state index contributed by atoms with van der Waals surface area (Å²) in [5.74, 6) is -2.11. The van der Waals surface area contributed by atoms with Crippen molar-refractivity contribution in [2.45, 2.75) is 19.4 Å². The lowest BCUT2D eigenvalue weighted by Crippen LogP contribution is -2.42. The fraction of sp³-hybridized carbons (Fsp3) is 0.231. The standard InChI is InChI=1S/C13H14N2O5/c1-7(2)12(17)14-10(13(18)19)5-8-3-4-9(15-20)11(16)6-8/h3-4,6,10,16H,1,5H2,2H3,(H,14,17)(H,18,19). The zero-order chi connectivity index (χ0) is 15.3. The third-order valence-electron chi connectivity index (χ3n) is 2.57. The molecule has 3 N–H and O–H groups in total. The van der Waals surface area contributed by atoms with E-state index in [1.807, 2.05) is 0 Å². The number of carbonyl (C=O) groups is 2. The van der Waals surface area contributed by atoms with Crippen LogP contribution in [0.3, 0.4) is 0 Å². The smallest absolute Gasteiger partial charge is 0.326 e. The van der Waals surface area contributed by atoms with Crippen molar-refractivity contribution >= 4 is 17.6 Å². The average molecular weight is 278 g/mol. The topological polar surface area (TPSA) is 116 Å². The van der Waals surface area contributed by atoms with Gasteiger partial charge in [-0.3, -0.25) is 4.79 Å². The summed E-state index contributed by atoms with van der Waals surface area (Å²) in [6.45, 7) is 4.88. The van der Waals surface area contributed by atoms with Gasteiger partial charge in [0.15, 0.2) is 0 Å². The van der Waals surface area contributed by atoms with Gasteiger partial charge in [-0.25, -0.2) is 4.79 Å². The van der Waals surface area contributed by atoms with E-state index in [1.54, 1.807) is 0 Å². The molecule has 7 heteroatoms. The summed E-state index contributed by atoms with van der Waals surface area (Å²) in [6, 6.07) is 2.81. The molecule has 0 aliphatic rings. The predicted molar refractivity (Wildman–Crippen MR) is 71.6 cm³/mol. The highest BCUT2D eigenvalue weighted by Crippen LogP contribution is 2.27. The number of benzene rings is 1. The normalized spacial score (nSPS) is 11.4. The second-order valence-electron chi connectivity index (χ2n) is 4.26. The van der Waals surface area contributed by atoms with Gasteiger partial charge < -0.3 is 15.5 Å². The number of rotatable bonds is 6. The summed E-state index contributed by atoms with van der Waals surface area (Å²) in [6.07, 6.45) is -0.0406. The number of phenolic OH excluding ortho intramolecular Hbond substituents is 1. The number of phenols is 1. The Hall–Kier alpha value is -2.70. The van der Waals surface area contributed by atoms with Crippen molar-refractivity contribution < 1.29 is 19.8 Å². The molecule has 1 amide bonds. The summed E-state index contributed by atoms with van der Waals surface area (Å²) < 4.78 is 0. The molecule has 0 aliphatic heterocycles. The highest BCUT2D eigenvalue weighted by atomic mass is 16.4. The number of aliphatic carboxylic acids is 1. The lowest BCUT2D eigenvalue weighted by atomic mass is 10.0. The molecule has 0 saturated carbocycles. The van der Waals surface area contributed by atoms with E-state index in [2.05, 4.69) is 17.1 Å². The first kappa shape index (κ1) is 15.4. The Morgan fingerprint density at radius 2 is 2.10 bits per heavy atom. The molecule has 0 radical (unpaired) electrons. The molecular weight excluding hydrogens is 264 g/mol. The molecule has 0 spiro atoms. The molecule has 7 nitrogen and oxygen atoms in total. The Labute approximate surface area is 114 Å². The monoisotopic (exact) mass is 278 g/mol. The molecule has 1 aromatic rings. The van der Waals surface area contributed by atoms with E-state index < -0.39 is 17.9 Å². The summed E-state index contributed by atoms with van der Waals surface area (Å²) in [5, 5.41) is 23.4. The van der Waals surface area contributed by atoms with Gasteiger partial charge in [0.1, 0.15) is 17.5 Å².